The van der Waals surface area contributed by atoms with Gasteiger partial charge in [0, 0.05) is 30.2 Å². The molecule has 0 radical (unpaired) electrons. The minimum atomic E-state index is 0.180. The maximum absolute atomic E-state index is 5.90. The van der Waals surface area contributed by atoms with Gasteiger partial charge in [0.2, 0.25) is 0 Å². The highest BCUT2D eigenvalue weighted by atomic mass is 16.5. The van der Waals surface area contributed by atoms with Crippen molar-refractivity contribution in [1.29, 1.82) is 0 Å². The van der Waals surface area contributed by atoms with Crippen LogP contribution in [-0.4, -0.2) is 27.1 Å². The molecule has 2 aromatic heterocycles. The summed E-state index contributed by atoms with van der Waals surface area (Å²) in [5.41, 5.74) is 7.69. The second kappa shape index (κ2) is 5.96. The molecule has 0 atom stereocenters. The molecule has 1 aliphatic rings. The Labute approximate surface area is 118 Å². The van der Waals surface area contributed by atoms with Crippen LogP contribution in [0.4, 0.5) is 0 Å². The second-order valence-corrected chi connectivity index (χ2v) is 5.12. The van der Waals surface area contributed by atoms with Crippen LogP contribution in [0.5, 0.6) is 6.01 Å². The molecule has 3 rings (SSSR count). The van der Waals surface area contributed by atoms with Crippen LogP contribution < -0.4 is 10.5 Å². The predicted octanol–water partition coefficient (Wildman–Crippen LogP) is 2.19. The van der Waals surface area contributed by atoms with E-state index in [0.717, 1.165) is 36.9 Å². The predicted molar refractivity (Wildman–Crippen MR) is 76.1 cm³/mol. The standard InChI is InChI=1S/C15H18N4O/c16-12-3-5-13(6-4-12)20-15-18-9-7-14(19-15)11-2-1-8-17-10-11/h1-2,7-10,12-13H,3-6,16H2. The van der Waals surface area contributed by atoms with Crippen LogP contribution in [0.15, 0.2) is 36.8 Å². The molecule has 104 valence electrons. The summed E-state index contributed by atoms with van der Waals surface area (Å²) in [5, 5.41) is 0. The van der Waals surface area contributed by atoms with Gasteiger partial charge in [0.1, 0.15) is 6.10 Å². The molecule has 0 amide bonds. The van der Waals surface area contributed by atoms with Gasteiger partial charge in [-0.1, -0.05) is 0 Å². The SMILES string of the molecule is NC1CCC(Oc2nccc(-c3cccnc3)n2)CC1. The Bertz CT molecular complexity index is 553. The summed E-state index contributed by atoms with van der Waals surface area (Å²) in [5.74, 6) is 0. The Morgan fingerprint density at radius 2 is 1.95 bits per heavy atom. The molecular formula is C15H18N4O. The van der Waals surface area contributed by atoms with E-state index in [1.165, 1.54) is 0 Å². The van der Waals surface area contributed by atoms with Crippen molar-refractivity contribution in [1.82, 2.24) is 15.0 Å². The summed E-state index contributed by atoms with van der Waals surface area (Å²) in [6, 6.07) is 6.48. The molecule has 1 aliphatic carbocycles. The molecule has 5 heteroatoms. The van der Waals surface area contributed by atoms with Crippen LogP contribution in [0, 0.1) is 0 Å². The van der Waals surface area contributed by atoms with Gasteiger partial charge in [0.15, 0.2) is 0 Å². The van der Waals surface area contributed by atoms with Crippen molar-refractivity contribution in [3.05, 3.63) is 36.8 Å². The molecule has 0 spiro atoms. The summed E-state index contributed by atoms with van der Waals surface area (Å²) in [6.45, 7) is 0. The van der Waals surface area contributed by atoms with Crippen molar-refractivity contribution in [2.24, 2.45) is 5.73 Å². The van der Waals surface area contributed by atoms with E-state index < -0.39 is 0 Å². The maximum atomic E-state index is 5.90. The minimum absolute atomic E-state index is 0.180. The lowest BCUT2D eigenvalue weighted by atomic mass is 9.94. The lowest BCUT2D eigenvalue weighted by Crippen LogP contribution is -2.32. The fourth-order valence-corrected chi connectivity index (χ4v) is 2.43. The fourth-order valence-electron chi connectivity index (χ4n) is 2.43. The summed E-state index contributed by atoms with van der Waals surface area (Å²) < 4.78 is 5.87. The number of ether oxygens (including phenoxy) is 1. The molecule has 0 unspecified atom stereocenters. The molecule has 2 N–H and O–H groups in total. The van der Waals surface area contributed by atoms with Crippen molar-refractivity contribution in [2.75, 3.05) is 0 Å². The Morgan fingerprint density at radius 3 is 2.70 bits per heavy atom. The number of pyridine rings is 1. The van der Waals surface area contributed by atoms with Crippen molar-refractivity contribution in [2.45, 2.75) is 37.8 Å². The van der Waals surface area contributed by atoms with E-state index in [1.807, 2.05) is 18.2 Å². The smallest absolute Gasteiger partial charge is 0.317 e. The molecule has 1 fully saturated rings. The first-order valence-electron chi connectivity index (χ1n) is 6.97. The first-order chi connectivity index (χ1) is 9.81. The third-order valence-electron chi connectivity index (χ3n) is 3.58. The number of rotatable bonds is 3. The van der Waals surface area contributed by atoms with Crippen molar-refractivity contribution in [3.8, 4) is 17.3 Å². The maximum Gasteiger partial charge on any atom is 0.317 e. The van der Waals surface area contributed by atoms with Crippen molar-refractivity contribution < 1.29 is 4.74 Å². The molecule has 0 saturated heterocycles. The van der Waals surface area contributed by atoms with Crippen LogP contribution >= 0.6 is 0 Å². The topological polar surface area (TPSA) is 73.9 Å². The van der Waals surface area contributed by atoms with E-state index in [1.54, 1.807) is 18.6 Å². The molecule has 2 heterocycles. The number of hydrogen-bond donors (Lipinski definition) is 1. The zero-order valence-corrected chi connectivity index (χ0v) is 11.3. The first kappa shape index (κ1) is 13.0. The average Bonchev–Trinajstić information content (AvgIpc) is 2.51. The normalized spacial score (nSPS) is 22.4. The Balaban J connectivity index is 1.72. The van der Waals surface area contributed by atoms with Gasteiger partial charge in [0.25, 0.3) is 0 Å². The van der Waals surface area contributed by atoms with Crippen LogP contribution in [0.2, 0.25) is 0 Å². The quantitative estimate of drug-likeness (QED) is 0.925. The summed E-state index contributed by atoms with van der Waals surface area (Å²) in [7, 11) is 0. The Kier molecular flexibility index (Phi) is 3.87. The lowest BCUT2D eigenvalue weighted by Gasteiger charge is -2.25. The Morgan fingerprint density at radius 1 is 1.10 bits per heavy atom. The van der Waals surface area contributed by atoms with E-state index in [9.17, 15) is 0 Å². The summed E-state index contributed by atoms with van der Waals surface area (Å²) in [6.07, 6.45) is 9.39. The summed E-state index contributed by atoms with van der Waals surface area (Å²) in [4.78, 5) is 12.7. The van der Waals surface area contributed by atoms with Crippen molar-refractivity contribution in [3.63, 3.8) is 0 Å². The molecule has 5 nitrogen and oxygen atoms in total. The van der Waals surface area contributed by atoms with Gasteiger partial charge in [-0.25, -0.2) is 4.98 Å². The van der Waals surface area contributed by atoms with Gasteiger partial charge >= 0.3 is 6.01 Å². The highest BCUT2D eigenvalue weighted by Gasteiger charge is 2.20. The van der Waals surface area contributed by atoms with E-state index in [2.05, 4.69) is 15.0 Å². The largest absolute Gasteiger partial charge is 0.460 e. The average molecular weight is 270 g/mol. The highest BCUT2D eigenvalue weighted by Crippen LogP contribution is 2.22. The third kappa shape index (κ3) is 3.11. The number of hydrogen-bond acceptors (Lipinski definition) is 5. The van der Waals surface area contributed by atoms with E-state index >= 15 is 0 Å². The van der Waals surface area contributed by atoms with Gasteiger partial charge in [-0.15, -0.1) is 0 Å². The number of nitrogens with zero attached hydrogens (tertiary/aromatic N) is 3. The number of nitrogens with two attached hydrogens (primary N) is 1. The molecule has 0 aliphatic heterocycles. The fraction of sp³-hybridized carbons (Fsp3) is 0.400. The van der Waals surface area contributed by atoms with Crippen molar-refractivity contribution >= 4 is 0 Å². The van der Waals surface area contributed by atoms with Crippen LogP contribution in [-0.2, 0) is 0 Å². The number of aromatic nitrogens is 3. The molecule has 1 saturated carbocycles. The minimum Gasteiger partial charge on any atom is -0.460 e. The van der Waals surface area contributed by atoms with Gasteiger partial charge in [-0.05, 0) is 43.9 Å². The van der Waals surface area contributed by atoms with E-state index in [0.29, 0.717) is 12.1 Å². The molecular weight excluding hydrogens is 252 g/mol. The molecule has 20 heavy (non-hydrogen) atoms. The van der Waals surface area contributed by atoms with Crippen LogP contribution in [0.25, 0.3) is 11.3 Å². The van der Waals surface area contributed by atoms with Gasteiger partial charge in [-0.3, -0.25) is 4.98 Å². The second-order valence-electron chi connectivity index (χ2n) is 5.12. The van der Waals surface area contributed by atoms with Crippen LogP contribution in [0.1, 0.15) is 25.7 Å². The summed E-state index contributed by atoms with van der Waals surface area (Å²) >= 11 is 0. The monoisotopic (exact) mass is 270 g/mol. The third-order valence-corrected chi connectivity index (χ3v) is 3.58. The lowest BCUT2D eigenvalue weighted by molar-refractivity contribution is 0.135. The first-order valence-corrected chi connectivity index (χ1v) is 6.97. The van der Waals surface area contributed by atoms with E-state index in [4.69, 9.17) is 10.5 Å². The Hall–Kier alpha value is -2.01. The molecule has 0 bridgehead atoms. The molecule has 0 aromatic carbocycles. The van der Waals surface area contributed by atoms with Gasteiger partial charge in [-0.2, -0.15) is 4.98 Å². The zero-order chi connectivity index (χ0) is 13.8. The van der Waals surface area contributed by atoms with E-state index in [-0.39, 0.29) is 6.10 Å². The highest BCUT2D eigenvalue weighted by molar-refractivity contribution is 5.57. The van der Waals surface area contributed by atoms with Gasteiger partial charge in [0.05, 0.1) is 5.69 Å². The van der Waals surface area contributed by atoms with Crippen LogP contribution in [0.3, 0.4) is 0 Å². The zero-order valence-electron chi connectivity index (χ0n) is 11.3. The van der Waals surface area contributed by atoms with Gasteiger partial charge < -0.3 is 10.5 Å². The molecule has 2 aromatic rings.